The minimum Gasteiger partial charge on any atom is -0.394 e. The summed E-state index contributed by atoms with van der Waals surface area (Å²) in [4.78, 5) is 0. The van der Waals surface area contributed by atoms with Crippen molar-refractivity contribution in [1.82, 2.24) is 0 Å². The Balaban J connectivity index is 1.91. The Labute approximate surface area is 168 Å². The van der Waals surface area contributed by atoms with Crippen LogP contribution in [0.25, 0.3) is 0 Å². The van der Waals surface area contributed by atoms with Gasteiger partial charge in [-0.1, -0.05) is 19.1 Å². The number of rotatable bonds is 9. The lowest BCUT2D eigenvalue weighted by atomic mass is 9.98. The summed E-state index contributed by atoms with van der Waals surface area (Å²) in [7, 11) is 0. The number of hydrogen-bond acceptors (Lipinski definition) is 11. The lowest BCUT2D eigenvalue weighted by molar-refractivity contribution is -0.331. The zero-order valence-corrected chi connectivity index (χ0v) is 16.2. The SMILES string of the molecule is CC/C=C\CCO[C@@H]1O[C@H](CO[C@@H]2O[C@H](CO)[C@@H](O)[C@H](O)[C@H]2O)[C@@H](O)[C@H](O)[C@H]1O. The van der Waals surface area contributed by atoms with E-state index in [0.29, 0.717) is 6.42 Å². The van der Waals surface area contributed by atoms with Crippen molar-refractivity contribution in [2.75, 3.05) is 19.8 Å². The Morgan fingerprint density at radius 1 is 0.724 bits per heavy atom. The van der Waals surface area contributed by atoms with Gasteiger partial charge in [-0.15, -0.1) is 0 Å². The minimum atomic E-state index is -1.61. The number of allylic oxidation sites excluding steroid dienone is 1. The summed E-state index contributed by atoms with van der Waals surface area (Å²) < 4.78 is 21.5. The third-order valence-corrected chi connectivity index (χ3v) is 4.91. The first-order valence-corrected chi connectivity index (χ1v) is 9.70. The van der Waals surface area contributed by atoms with Crippen LogP contribution in [-0.4, -0.2) is 117 Å². The molecule has 7 N–H and O–H groups in total. The number of aliphatic hydroxyl groups is 7. The summed E-state index contributed by atoms with van der Waals surface area (Å²) in [6.07, 6.45) is -8.84. The van der Waals surface area contributed by atoms with Crippen LogP contribution in [0.15, 0.2) is 12.2 Å². The fraction of sp³-hybridized carbons (Fsp3) is 0.889. The molecule has 0 spiro atoms. The molecule has 170 valence electrons. The van der Waals surface area contributed by atoms with Gasteiger partial charge in [-0.25, -0.2) is 0 Å². The molecule has 0 aromatic heterocycles. The first-order chi connectivity index (χ1) is 13.8. The number of hydrogen-bond donors (Lipinski definition) is 7. The van der Waals surface area contributed by atoms with Gasteiger partial charge >= 0.3 is 0 Å². The maximum atomic E-state index is 10.1. The number of aliphatic hydroxyl groups excluding tert-OH is 7. The van der Waals surface area contributed by atoms with Crippen LogP contribution >= 0.6 is 0 Å². The third kappa shape index (κ3) is 6.15. The second-order valence-corrected chi connectivity index (χ2v) is 7.08. The second-order valence-electron chi connectivity index (χ2n) is 7.08. The number of ether oxygens (including phenoxy) is 4. The molecule has 10 atom stereocenters. The second kappa shape index (κ2) is 11.6. The van der Waals surface area contributed by atoms with Gasteiger partial charge < -0.3 is 54.7 Å². The van der Waals surface area contributed by atoms with Crippen molar-refractivity contribution in [1.29, 1.82) is 0 Å². The van der Waals surface area contributed by atoms with Gasteiger partial charge in [0.1, 0.15) is 48.8 Å². The fourth-order valence-corrected chi connectivity index (χ4v) is 3.12. The molecule has 2 aliphatic rings. The molecule has 2 rings (SSSR count). The van der Waals surface area contributed by atoms with Crippen molar-refractivity contribution in [2.45, 2.75) is 81.2 Å². The molecule has 0 unspecified atom stereocenters. The van der Waals surface area contributed by atoms with Crippen molar-refractivity contribution in [3.8, 4) is 0 Å². The van der Waals surface area contributed by atoms with E-state index in [1.807, 2.05) is 19.1 Å². The normalized spacial score (nSPS) is 43.7. The summed E-state index contributed by atoms with van der Waals surface area (Å²) in [5, 5.41) is 69.0. The quantitative estimate of drug-likeness (QED) is 0.148. The molecule has 0 aromatic rings. The summed E-state index contributed by atoms with van der Waals surface area (Å²) in [6, 6.07) is 0. The average Bonchev–Trinajstić information content (AvgIpc) is 2.72. The smallest absolute Gasteiger partial charge is 0.186 e. The van der Waals surface area contributed by atoms with Crippen molar-refractivity contribution in [3.63, 3.8) is 0 Å². The molecule has 0 amide bonds. The predicted molar refractivity (Wildman–Crippen MR) is 96.4 cm³/mol. The molecule has 11 heteroatoms. The van der Waals surface area contributed by atoms with Crippen LogP contribution in [-0.2, 0) is 18.9 Å². The molecule has 0 bridgehead atoms. The van der Waals surface area contributed by atoms with E-state index in [-0.39, 0.29) is 13.2 Å². The Morgan fingerprint density at radius 3 is 1.86 bits per heavy atom. The average molecular weight is 424 g/mol. The van der Waals surface area contributed by atoms with E-state index in [9.17, 15) is 35.7 Å². The lowest BCUT2D eigenvalue weighted by Crippen LogP contribution is -2.61. The van der Waals surface area contributed by atoms with Gasteiger partial charge in [-0.05, 0) is 12.8 Å². The van der Waals surface area contributed by atoms with Gasteiger partial charge in [0.2, 0.25) is 0 Å². The van der Waals surface area contributed by atoms with E-state index < -0.39 is 68.0 Å². The van der Waals surface area contributed by atoms with Crippen LogP contribution < -0.4 is 0 Å². The molecule has 0 radical (unpaired) electrons. The van der Waals surface area contributed by atoms with Crippen molar-refractivity contribution in [3.05, 3.63) is 12.2 Å². The monoisotopic (exact) mass is 424 g/mol. The molecule has 0 saturated carbocycles. The summed E-state index contributed by atoms with van der Waals surface area (Å²) in [6.45, 7) is 1.22. The summed E-state index contributed by atoms with van der Waals surface area (Å²) in [5.41, 5.74) is 0. The Hall–Kier alpha value is -0.700. The molecule has 29 heavy (non-hydrogen) atoms. The highest BCUT2D eigenvalue weighted by atomic mass is 16.7. The van der Waals surface area contributed by atoms with Crippen molar-refractivity contribution >= 4 is 0 Å². The van der Waals surface area contributed by atoms with E-state index >= 15 is 0 Å². The molecular formula is C18H32O11. The van der Waals surface area contributed by atoms with Crippen LogP contribution in [0.5, 0.6) is 0 Å². The van der Waals surface area contributed by atoms with Crippen LogP contribution in [0.4, 0.5) is 0 Å². The first-order valence-electron chi connectivity index (χ1n) is 9.70. The van der Waals surface area contributed by atoms with Gasteiger partial charge in [0.05, 0.1) is 19.8 Å². The van der Waals surface area contributed by atoms with Crippen molar-refractivity contribution in [2.24, 2.45) is 0 Å². The standard InChI is InChI=1S/C18H32O11/c1-2-3-4-5-6-26-17-15(24)14(23)12(21)10(29-17)8-27-18-16(25)13(22)11(20)9(7-19)28-18/h3-4,9-25H,2,5-8H2,1H3/b4-3-/t9-,10-,11-,12-,13+,14+,15-,16-,17-,18-/m1/s1. The third-order valence-electron chi connectivity index (χ3n) is 4.91. The highest BCUT2D eigenvalue weighted by Gasteiger charge is 2.47. The molecule has 2 fully saturated rings. The molecule has 2 aliphatic heterocycles. The van der Waals surface area contributed by atoms with Gasteiger partial charge in [-0.3, -0.25) is 0 Å². The van der Waals surface area contributed by atoms with Crippen LogP contribution in [0, 0.1) is 0 Å². The van der Waals surface area contributed by atoms with E-state index in [1.165, 1.54) is 0 Å². The largest absolute Gasteiger partial charge is 0.394 e. The molecule has 0 aliphatic carbocycles. The van der Waals surface area contributed by atoms with Gasteiger partial charge in [0, 0.05) is 0 Å². The zero-order valence-electron chi connectivity index (χ0n) is 16.2. The van der Waals surface area contributed by atoms with E-state index in [0.717, 1.165) is 6.42 Å². The Morgan fingerprint density at radius 2 is 1.28 bits per heavy atom. The van der Waals surface area contributed by atoms with E-state index in [1.54, 1.807) is 0 Å². The van der Waals surface area contributed by atoms with Gasteiger partial charge in [0.15, 0.2) is 12.6 Å². The molecular weight excluding hydrogens is 392 g/mol. The Kier molecular flexibility index (Phi) is 9.85. The van der Waals surface area contributed by atoms with Gasteiger partial charge in [-0.2, -0.15) is 0 Å². The van der Waals surface area contributed by atoms with Crippen LogP contribution in [0.3, 0.4) is 0 Å². The Bertz CT molecular complexity index is 502. The van der Waals surface area contributed by atoms with E-state index in [4.69, 9.17) is 18.9 Å². The summed E-state index contributed by atoms with van der Waals surface area (Å²) in [5.74, 6) is 0. The minimum absolute atomic E-state index is 0.224. The van der Waals surface area contributed by atoms with E-state index in [2.05, 4.69) is 0 Å². The summed E-state index contributed by atoms with van der Waals surface area (Å²) >= 11 is 0. The highest BCUT2D eigenvalue weighted by Crippen LogP contribution is 2.26. The molecule has 0 aromatic carbocycles. The maximum absolute atomic E-state index is 10.1. The lowest BCUT2D eigenvalue weighted by Gasteiger charge is -2.42. The maximum Gasteiger partial charge on any atom is 0.186 e. The molecule has 11 nitrogen and oxygen atoms in total. The molecule has 2 heterocycles. The van der Waals surface area contributed by atoms with Crippen LogP contribution in [0.2, 0.25) is 0 Å². The topological polar surface area (TPSA) is 179 Å². The van der Waals surface area contributed by atoms with Crippen LogP contribution in [0.1, 0.15) is 19.8 Å². The molecule has 2 saturated heterocycles. The van der Waals surface area contributed by atoms with Gasteiger partial charge in [0.25, 0.3) is 0 Å². The van der Waals surface area contributed by atoms with Crippen molar-refractivity contribution < 1.29 is 54.7 Å². The zero-order chi connectivity index (χ0) is 21.6. The first kappa shape index (κ1) is 24.6. The predicted octanol–water partition coefficient (Wildman–Crippen LogP) is -3.02. The fourth-order valence-electron chi connectivity index (χ4n) is 3.12. The highest BCUT2D eigenvalue weighted by molar-refractivity contribution is 4.91.